The van der Waals surface area contributed by atoms with Crippen LogP contribution < -0.4 is 24.5 Å². The van der Waals surface area contributed by atoms with E-state index in [1.165, 1.54) is 15.9 Å². The Bertz CT molecular complexity index is 1700. The number of hydrogen-bond donors (Lipinski definition) is 0. The number of likely N-dealkylation sites (N-methyl/N-ethyl adjacent to an activating group) is 2. The van der Waals surface area contributed by atoms with Crippen molar-refractivity contribution in [3.8, 4) is 5.75 Å². The number of anilines is 1. The number of fused-ring (bicyclic) bond motifs is 2. The molecule has 2 aliphatic heterocycles. The minimum Gasteiger partial charge on any atom is -0.496 e. The third-order valence-corrected chi connectivity index (χ3v) is 8.59. The first-order chi connectivity index (χ1) is 18.2. The number of nitrogens with zero attached hydrogens (tertiary/aromatic N) is 4. The lowest BCUT2D eigenvalue weighted by molar-refractivity contribution is -0.127. The van der Waals surface area contributed by atoms with Crippen LogP contribution in [0, 0.1) is 0 Å². The van der Waals surface area contributed by atoms with Crippen LogP contribution in [0.2, 0.25) is 0 Å². The molecule has 196 valence electrons. The van der Waals surface area contributed by atoms with E-state index in [0.717, 1.165) is 10.2 Å². The van der Waals surface area contributed by atoms with Gasteiger partial charge in [0.05, 0.1) is 29.6 Å². The number of thiazole rings is 1. The Morgan fingerprint density at radius 2 is 1.87 bits per heavy atom. The number of aromatic nitrogens is 1. The van der Waals surface area contributed by atoms with Crippen LogP contribution >= 0.6 is 27.3 Å². The number of amides is 2. The molecule has 2 aliphatic rings. The molecular weight excluding hydrogens is 568 g/mol. The molecule has 0 saturated carbocycles. The van der Waals surface area contributed by atoms with Gasteiger partial charge in [0.25, 0.3) is 17.4 Å². The Morgan fingerprint density at radius 1 is 1.16 bits per heavy atom. The van der Waals surface area contributed by atoms with Crippen molar-refractivity contribution >= 4 is 50.3 Å². The van der Waals surface area contributed by atoms with Crippen LogP contribution in [0.15, 0.2) is 68.0 Å². The minimum atomic E-state index is -0.763. The molecule has 3 heterocycles. The molecule has 3 aromatic rings. The van der Waals surface area contributed by atoms with Crippen molar-refractivity contribution < 1.29 is 14.3 Å². The summed E-state index contributed by atoms with van der Waals surface area (Å²) in [6.45, 7) is 6.67. The third kappa shape index (κ3) is 3.94. The summed E-state index contributed by atoms with van der Waals surface area (Å²) in [5, 5.41) is 0. The van der Waals surface area contributed by atoms with Gasteiger partial charge >= 0.3 is 0 Å². The van der Waals surface area contributed by atoms with E-state index < -0.39 is 6.04 Å². The fourth-order valence-corrected chi connectivity index (χ4v) is 6.62. The Balaban J connectivity index is 1.86. The van der Waals surface area contributed by atoms with Crippen LogP contribution in [0.25, 0.3) is 5.57 Å². The molecule has 38 heavy (non-hydrogen) atoms. The molecule has 0 spiro atoms. The van der Waals surface area contributed by atoms with Crippen molar-refractivity contribution in [1.82, 2.24) is 9.47 Å². The molecule has 0 fully saturated rings. The zero-order chi connectivity index (χ0) is 27.3. The van der Waals surface area contributed by atoms with Crippen LogP contribution in [0.5, 0.6) is 5.75 Å². The van der Waals surface area contributed by atoms with Gasteiger partial charge in [-0.15, -0.1) is 0 Å². The lowest BCUT2D eigenvalue weighted by atomic mass is 9.94. The molecule has 0 radical (unpaired) electrons. The van der Waals surface area contributed by atoms with Gasteiger partial charge in [-0.3, -0.25) is 19.0 Å². The topological polar surface area (TPSA) is 84.2 Å². The van der Waals surface area contributed by atoms with E-state index in [2.05, 4.69) is 15.9 Å². The highest BCUT2D eigenvalue weighted by Gasteiger charge is 2.37. The van der Waals surface area contributed by atoms with E-state index in [-0.39, 0.29) is 17.4 Å². The summed E-state index contributed by atoms with van der Waals surface area (Å²) in [5.74, 6) is 0.115. The highest BCUT2D eigenvalue weighted by atomic mass is 79.9. The van der Waals surface area contributed by atoms with Gasteiger partial charge in [-0.2, -0.15) is 0 Å². The number of methoxy groups -OCH3 is 1. The zero-order valence-electron chi connectivity index (χ0n) is 21.7. The first kappa shape index (κ1) is 26.1. The average Bonchev–Trinajstić information content (AvgIpc) is 3.35. The van der Waals surface area contributed by atoms with Crippen LogP contribution in [0.3, 0.4) is 0 Å². The number of para-hydroxylation sites is 1. The number of hydrogen-bond acceptors (Lipinski definition) is 6. The standard InChI is InChI=1S/C28H27BrN4O4S/c1-6-32(7-2)26(35)21-15(3)30-28-33(23(21)17-10-8-9-11-20(17)37-5)27(36)24(38-28)22-18-14-16(29)12-13-19(18)31(4)25(22)34/h8-14,23H,6-7H2,1-5H3/b24-22+/t23-/m1/s1. The number of carbonyl (C=O) groups excluding carboxylic acids is 2. The second-order valence-corrected chi connectivity index (χ2v) is 10.9. The van der Waals surface area contributed by atoms with Crippen molar-refractivity contribution in [2.75, 3.05) is 32.1 Å². The molecule has 0 bridgehead atoms. The number of benzene rings is 2. The monoisotopic (exact) mass is 594 g/mol. The number of carbonyl (C=O) groups is 2. The fraction of sp³-hybridized carbons (Fsp3) is 0.286. The highest BCUT2D eigenvalue weighted by Crippen LogP contribution is 2.38. The molecule has 2 amide bonds. The van der Waals surface area contributed by atoms with Crippen molar-refractivity contribution in [1.29, 1.82) is 0 Å². The zero-order valence-corrected chi connectivity index (χ0v) is 24.1. The maximum atomic E-state index is 14.2. The quantitative estimate of drug-likeness (QED) is 0.454. The van der Waals surface area contributed by atoms with E-state index in [4.69, 9.17) is 9.73 Å². The number of ether oxygens (including phenoxy) is 1. The number of rotatable bonds is 5. The molecule has 2 aromatic carbocycles. The molecule has 1 atom stereocenters. The average molecular weight is 596 g/mol. The summed E-state index contributed by atoms with van der Waals surface area (Å²) in [4.78, 5) is 49.9. The first-order valence-electron chi connectivity index (χ1n) is 12.3. The third-order valence-electron chi connectivity index (χ3n) is 7.05. The summed E-state index contributed by atoms with van der Waals surface area (Å²) in [7, 11) is 3.26. The maximum Gasteiger partial charge on any atom is 0.271 e. The molecule has 0 unspecified atom stereocenters. The lowest BCUT2D eigenvalue weighted by Gasteiger charge is -2.29. The fourth-order valence-electron chi connectivity index (χ4n) is 5.13. The van der Waals surface area contributed by atoms with Crippen molar-refractivity contribution in [3.63, 3.8) is 0 Å². The smallest absolute Gasteiger partial charge is 0.271 e. The van der Waals surface area contributed by atoms with Crippen LogP contribution in [-0.2, 0) is 9.59 Å². The van der Waals surface area contributed by atoms with Gasteiger partial charge in [-0.1, -0.05) is 45.5 Å². The van der Waals surface area contributed by atoms with Gasteiger partial charge in [-0.05, 0) is 45.0 Å². The first-order valence-corrected chi connectivity index (χ1v) is 13.9. The minimum absolute atomic E-state index is 0.184. The SMILES string of the molecule is CCN(CC)C(=O)C1=C(C)N=c2s/c(=C3/C(=O)N(C)c4ccc(Br)cc43)c(=O)n2[C@@H]1c1ccccc1OC. The molecule has 1 aromatic heterocycles. The molecule has 5 rings (SSSR count). The Morgan fingerprint density at radius 3 is 2.55 bits per heavy atom. The van der Waals surface area contributed by atoms with E-state index >= 15 is 0 Å². The summed E-state index contributed by atoms with van der Waals surface area (Å²) < 4.78 is 8.30. The normalized spacial score (nSPS) is 17.8. The maximum absolute atomic E-state index is 14.2. The van der Waals surface area contributed by atoms with Crippen molar-refractivity contribution in [2.24, 2.45) is 4.99 Å². The van der Waals surface area contributed by atoms with Crippen molar-refractivity contribution in [3.05, 3.63) is 89.0 Å². The van der Waals surface area contributed by atoms with Crippen LogP contribution in [-0.4, -0.2) is 48.5 Å². The van der Waals surface area contributed by atoms with E-state index in [9.17, 15) is 14.4 Å². The van der Waals surface area contributed by atoms with Crippen molar-refractivity contribution in [2.45, 2.75) is 26.8 Å². The molecule has 0 aliphatic carbocycles. The second-order valence-electron chi connectivity index (χ2n) is 9.02. The Kier molecular flexibility index (Phi) is 6.87. The molecule has 8 nitrogen and oxygen atoms in total. The predicted molar refractivity (Wildman–Crippen MR) is 151 cm³/mol. The summed E-state index contributed by atoms with van der Waals surface area (Å²) in [6, 6.07) is 12.2. The molecule has 0 N–H and O–H groups in total. The summed E-state index contributed by atoms with van der Waals surface area (Å²) in [5.41, 5.74) is 3.01. The van der Waals surface area contributed by atoms with Gasteiger partial charge in [-0.25, -0.2) is 4.99 Å². The van der Waals surface area contributed by atoms with E-state index in [1.54, 1.807) is 30.9 Å². The number of halogens is 1. The molecule has 10 heteroatoms. The molecule has 0 saturated heterocycles. The Labute approximate surface area is 232 Å². The van der Waals surface area contributed by atoms with Gasteiger partial charge in [0.1, 0.15) is 16.3 Å². The Hall–Kier alpha value is -3.50. The van der Waals surface area contributed by atoms with E-state index in [0.29, 0.717) is 56.1 Å². The van der Waals surface area contributed by atoms with Gasteiger partial charge < -0.3 is 14.5 Å². The predicted octanol–water partition coefficient (Wildman–Crippen LogP) is 3.22. The van der Waals surface area contributed by atoms with Crippen LogP contribution in [0.4, 0.5) is 5.69 Å². The summed E-state index contributed by atoms with van der Waals surface area (Å²) >= 11 is 4.66. The van der Waals surface area contributed by atoms with Gasteiger partial charge in [0.15, 0.2) is 4.80 Å². The van der Waals surface area contributed by atoms with E-state index in [1.807, 2.05) is 56.3 Å². The largest absolute Gasteiger partial charge is 0.496 e. The summed E-state index contributed by atoms with van der Waals surface area (Å²) in [6.07, 6.45) is 0. The highest BCUT2D eigenvalue weighted by molar-refractivity contribution is 9.10. The van der Waals surface area contributed by atoms with Crippen LogP contribution in [0.1, 0.15) is 37.9 Å². The molecular formula is C28H27BrN4O4S. The number of allylic oxidation sites excluding steroid dienone is 1. The van der Waals surface area contributed by atoms with Gasteiger partial charge in [0, 0.05) is 35.7 Å². The van der Waals surface area contributed by atoms with Gasteiger partial charge in [0.2, 0.25) is 0 Å². The second kappa shape index (κ2) is 9.99. The lowest BCUT2D eigenvalue weighted by Crippen LogP contribution is -2.43.